The summed E-state index contributed by atoms with van der Waals surface area (Å²) in [6.45, 7) is 0. The minimum atomic E-state index is -4.93. The summed E-state index contributed by atoms with van der Waals surface area (Å²) in [6.07, 6.45) is -3.95. The van der Waals surface area contributed by atoms with Gasteiger partial charge in [-0.3, -0.25) is 9.78 Å². The molecule has 0 saturated carbocycles. The van der Waals surface area contributed by atoms with E-state index >= 15 is 0 Å². The van der Waals surface area contributed by atoms with Crippen molar-refractivity contribution < 1.29 is 18.0 Å². The highest BCUT2D eigenvalue weighted by molar-refractivity contribution is 9.10. The van der Waals surface area contributed by atoms with Crippen molar-refractivity contribution in [3.05, 3.63) is 27.5 Å². The van der Waals surface area contributed by atoms with Crippen molar-refractivity contribution in [2.24, 2.45) is 0 Å². The molecule has 1 rings (SSSR count). The van der Waals surface area contributed by atoms with Crippen LogP contribution >= 0.6 is 27.5 Å². The summed E-state index contributed by atoms with van der Waals surface area (Å²) < 4.78 is 35.8. The van der Waals surface area contributed by atoms with E-state index in [1.807, 2.05) is 0 Å². The number of aromatic nitrogens is 1. The molecule has 2 nitrogen and oxygen atoms in total. The average molecular weight is 288 g/mol. The van der Waals surface area contributed by atoms with Crippen LogP contribution in [0.1, 0.15) is 10.5 Å². The van der Waals surface area contributed by atoms with Crippen molar-refractivity contribution in [3.63, 3.8) is 0 Å². The Balaban J connectivity index is 3.15. The molecule has 0 saturated heterocycles. The third kappa shape index (κ3) is 2.45. The largest absolute Gasteiger partial charge is 0.456 e. The van der Waals surface area contributed by atoms with E-state index in [4.69, 9.17) is 11.6 Å². The van der Waals surface area contributed by atoms with E-state index < -0.39 is 17.7 Å². The molecule has 0 aliphatic carbocycles. The van der Waals surface area contributed by atoms with Gasteiger partial charge in [-0.2, -0.15) is 13.2 Å². The number of hydrogen-bond acceptors (Lipinski definition) is 2. The Bertz CT molecular complexity index is 380. The van der Waals surface area contributed by atoms with Crippen LogP contribution in [-0.4, -0.2) is 16.9 Å². The number of halogens is 5. The van der Waals surface area contributed by atoms with E-state index in [2.05, 4.69) is 20.9 Å². The van der Waals surface area contributed by atoms with Crippen molar-refractivity contribution in [2.75, 3.05) is 0 Å². The molecule has 7 heteroatoms. The Hall–Kier alpha value is -0.620. The van der Waals surface area contributed by atoms with E-state index in [0.29, 0.717) is 0 Å². The predicted molar refractivity (Wildman–Crippen MR) is 47.3 cm³/mol. The monoisotopic (exact) mass is 287 g/mol. The van der Waals surface area contributed by atoms with Gasteiger partial charge in [-0.1, -0.05) is 11.6 Å². The third-order valence-corrected chi connectivity index (χ3v) is 2.09. The molecule has 0 aromatic carbocycles. The summed E-state index contributed by atoms with van der Waals surface area (Å²) in [6, 6.07) is 1.17. The summed E-state index contributed by atoms with van der Waals surface area (Å²) in [7, 11) is 0. The summed E-state index contributed by atoms with van der Waals surface area (Å²) in [5, 5.41) is 0.149. The molecule has 0 radical (unpaired) electrons. The SMILES string of the molecule is O=C(c1ncc(Cl)cc1Br)C(F)(F)F. The first-order valence-electron chi connectivity index (χ1n) is 3.25. The van der Waals surface area contributed by atoms with Crippen LogP contribution in [0.2, 0.25) is 5.02 Å². The highest BCUT2D eigenvalue weighted by Gasteiger charge is 2.41. The molecule has 0 fully saturated rings. The Kier molecular flexibility index (Phi) is 3.16. The normalized spacial score (nSPS) is 11.5. The second-order valence-corrected chi connectivity index (χ2v) is 3.60. The van der Waals surface area contributed by atoms with Crippen LogP contribution < -0.4 is 0 Å². The molecule has 0 atom stereocenters. The smallest absolute Gasteiger partial charge is 0.282 e. The first-order chi connectivity index (χ1) is 6.32. The van der Waals surface area contributed by atoms with Gasteiger partial charge in [0.2, 0.25) is 0 Å². The molecule has 0 unspecified atom stereocenters. The van der Waals surface area contributed by atoms with Crippen molar-refractivity contribution in [1.82, 2.24) is 4.98 Å². The molecule has 0 bridgehead atoms. The van der Waals surface area contributed by atoms with Crippen molar-refractivity contribution in [2.45, 2.75) is 6.18 Å². The van der Waals surface area contributed by atoms with Crippen LogP contribution in [0.15, 0.2) is 16.7 Å². The van der Waals surface area contributed by atoms with Gasteiger partial charge in [0.25, 0.3) is 5.78 Å². The summed E-state index contributed by atoms with van der Waals surface area (Å²) >= 11 is 8.22. The third-order valence-electron chi connectivity index (χ3n) is 1.28. The number of Topliss-reactive ketones (excluding diaryl/α,β-unsaturated/α-hetero) is 1. The molecule has 76 valence electrons. The first kappa shape index (κ1) is 11.5. The molecule has 1 heterocycles. The lowest BCUT2D eigenvalue weighted by Crippen LogP contribution is -2.24. The molecule has 0 aliphatic heterocycles. The maximum absolute atomic E-state index is 12.0. The van der Waals surface area contributed by atoms with Gasteiger partial charge >= 0.3 is 6.18 Å². The van der Waals surface area contributed by atoms with Crippen LogP contribution in [-0.2, 0) is 0 Å². The minimum Gasteiger partial charge on any atom is -0.282 e. The number of hydrogen-bond donors (Lipinski definition) is 0. The first-order valence-corrected chi connectivity index (χ1v) is 4.42. The number of nitrogens with zero attached hydrogens (tertiary/aromatic N) is 1. The van der Waals surface area contributed by atoms with Gasteiger partial charge in [-0.05, 0) is 22.0 Å². The zero-order chi connectivity index (χ0) is 10.9. The minimum absolute atomic E-state index is 0.0766. The van der Waals surface area contributed by atoms with Gasteiger partial charge in [0.1, 0.15) is 5.69 Å². The Morgan fingerprint density at radius 3 is 2.50 bits per heavy atom. The average Bonchev–Trinajstić information content (AvgIpc) is 2.01. The maximum Gasteiger partial charge on any atom is 0.456 e. The summed E-state index contributed by atoms with van der Waals surface area (Å²) in [4.78, 5) is 14.0. The lowest BCUT2D eigenvalue weighted by molar-refractivity contribution is -0.0888. The molecule has 0 aliphatic rings. The molecule has 0 spiro atoms. The van der Waals surface area contributed by atoms with E-state index in [1.165, 1.54) is 6.07 Å². The van der Waals surface area contributed by atoms with Crippen LogP contribution in [0, 0.1) is 0 Å². The van der Waals surface area contributed by atoms with E-state index in [0.717, 1.165) is 6.20 Å². The number of ketones is 1. The fourth-order valence-corrected chi connectivity index (χ4v) is 1.53. The van der Waals surface area contributed by atoms with Gasteiger partial charge in [-0.25, -0.2) is 0 Å². The number of carbonyl (C=O) groups is 1. The zero-order valence-electron chi connectivity index (χ0n) is 6.40. The topological polar surface area (TPSA) is 30.0 Å². The fraction of sp³-hybridized carbons (Fsp3) is 0.143. The molecular formula is C7H2BrClF3NO. The van der Waals surface area contributed by atoms with E-state index in [-0.39, 0.29) is 9.50 Å². The van der Waals surface area contributed by atoms with Gasteiger partial charge in [0, 0.05) is 10.7 Å². The Labute approximate surface area is 90.2 Å². The van der Waals surface area contributed by atoms with E-state index in [1.54, 1.807) is 0 Å². The van der Waals surface area contributed by atoms with Crippen LogP contribution in [0.5, 0.6) is 0 Å². The number of carbonyl (C=O) groups excluding carboxylic acids is 1. The lowest BCUT2D eigenvalue weighted by atomic mass is 10.2. The van der Waals surface area contributed by atoms with Crippen molar-refractivity contribution in [1.29, 1.82) is 0 Å². The second-order valence-electron chi connectivity index (χ2n) is 2.31. The van der Waals surface area contributed by atoms with Crippen molar-refractivity contribution >= 4 is 33.3 Å². The molecule has 1 aromatic heterocycles. The van der Waals surface area contributed by atoms with Crippen LogP contribution in [0.3, 0.4) is 0 Å². The maximum atomic E-state index is 12.0. The quantitative estimate of drug-likeness (QED) is 0.743. The van der Waals surface area contributed by atoms with Gasteiger partial charge in [0.05, 0.1) is 5.02 Å². The fourth-order valence-electron chi connectivity index (χ4n) is 0.716. The highest BCUT2D eigenvalue weighted by atomic mass is 79.9. The lowest BCUT2D eigenvalue weighted by Gasteiger charge is -2.05. The van der Waals surface area contributed by atoms with Crippen LogP contribution in [0.25, 0.3) is 0 Å². The Morgan fingerprint density at radius 2 is 2.07 bits per heavy atom. The number of rotatable bonds is 1. The zero-order valence-corrected chi connectivity index (χ0v) is 8.74. The molecule has 0 amide bonds. The standard InChI is InChI=1S/C7H2BrClF3NO/c8-4-1-3(9)2-13-5(4)6(14)7(10,11)12/h1-2H. The van der Waals surface area contributed by atoms with Gasteiger partial charge in [0.15, 0.2) is 0 Å². The molecule has 14 heavy (non-hydrogen) atoms. The predicted octanol–water partition coefficient (Wildman–Crippen LogP) is 3.24. The number of pyridine rings is 1. The van der Waals surface area contributed by atoms with Gasteiger partial charge < -0.3 is 0 Å². The molecule has 1 aromatic rings. The second kappa shape index (κ2) is 3.86. The summed E-state index contributed by atoms with van der Waals surface area (Å²) in [5.74, 6) is -2.00. The number of alkyl halides is 3. The highest BCUT2D eigenvalue weighted by Crippen LogP contribution is 2.26. The van der Waals surface area contributed by atoms with Crippen molar-refractivity contribution in [3.8, 4) is 0 Å². The van der Waals surface area contributed by atoms with Gasteiger partial charge in [-0.15, -0.1) is 0 Å². The van der Waals surface area contributed by atoms with Crippen LogP contribution in [0.4, 0.5) is 13.2 Å². The van der Waals surface area contributed by atoms with E-state index in [9.17, 15) is 18.0 Å². The molecule has 0 N–H and O–H groups in total. The molecular weight excluding hydrogens is 286 g/mol. The summed E-state index contributed by atoms with van der Waals surface area (Å²) in [5.41, 5.74) is -0.693. The Morgan fingerprint density at radius 1 is 1.50 bits per heavy atom.